The number of allylic oxidation sites excluding steroid dienone is 1. The van der Waals surface area contributed by atoms with E-state index in [9.17, 15) is 14.0 Å². The summed E-state index contributed by atoms with van der Waals surface area (Å²) in [5.41, 5.74) is 1.46. The summed E-state index contributed by atoms with van der Waals surface area (Å²) in [6, 6.07) is 16.1. The maximum absolute atomic E-state index is 13.6. The fraction of sp³-hybridized carbons (Fsp3) is 0.103. The highest BCUT2D eigenvalue weighted by molar-refractivity contribution is 6.08. The molecular formula is C29H23FO6. The third-order valence-corrected chi connectivity index (χ3v) is 5.54. The number of carbonyl (C=O) groups is 1. The first kappa shape index (κ1) is 24.5. The molecule has 1 aromatic heterocycles. The van der Waals surface area contributed by atoms with Crippen LogP contribution in [0.3, 0.4) is 0 Å². The molecule has 6 nitrogen and oxygen atoms in total. The van der Waals surface area contributed by atoms with Crippen molar-refractivity contribution in [3.8, 4) is 17.2 Å². The van der Waals surface area contributed by atoms with Gasteiger partial charge in [-0.2, -0.15) is 0 Å². The molecule has 0 amide bonds. The number of rotatable bonds is 8. The van der Waals surface area contributed by atoms with E-state index in [4.69, 9.17) is 18.6 Å². The smallest absolute Gasteiger partial charge is 0.347 e. The van der Waals surface area contributed by atoms with Gasteiger partial charge >= 0.3 is 5.63 Å². The first-order valence-electron chi connectivity index (χ1n) is 11.0. The molecule has 0 aliphatic heterocycles. The van der Waals surface area contributed by atoms with Crippen LogP contribution in [0.2, 0.25) is 0 Å². The normalized spacial score (nSPS) is 11.3. The highest BCUT2D eigenvalue weighted by atomic mass is 19.1. The monoisotopic (exact) mass is 486 g/mol. The molecule has 0 radical (unpaired) electrons. The largest absolute Gasteiger partial charge is 0.497 e. The Kier molecular flexibility index (Phi) is 7.30. The van der Waals surface area contributed by atoms with Crippen molar-refractivity contribution in [2.24, 2.45) is 0 Å². The SMILES string of the molecule is COc1ccc(/C=C/c2cc(OC)cc(OC)c2/C=C/C(=O)c2cc3cc(F)ccc3oc2=O)cc1. The zero-order valence-electron chi connectivity index (χ0n) is 19.9. The summed E-state index contributed by atoms with van der Waals surface area (Å²) in [5, 5.41) is 0.316. The van der Waals surface area contributed by atoms with Crippen molar-refractivity contribution < 1.29 is 27.8 Å². The topological polar surface area (TPSA) is 75.0 Å². The van der Waals surface area contributed by atoms with Crippen LogP contribution in [-0.2, 0) is 0 Å². The second-order valence-electron chi connectivity index (χ2n) is 7.77. The molecule has 0 N–H and O–H groups in total. The molecule has 0 fully saturated rings. The maximum atomic E-state index is 13.6. The predicted molar refractivity (Wildman–Crippen MR) is 137 cm³/mol. The van der Waals surface area contributed by atoms with Gasteiger partial charge in [0.15, 0.2) is 5.78 Å². The molecule has 0 atom stereocenters. The van der Waals surface area contributed by atoms with Crippen molar-refractivity contribution in [1.29, 1.82) is 0 Å². The van der Waals surface area contributed by atoms with Crippen molar-refractivity contribution in [3.63, 3.8) is 0 Å². The van der Waals surface area contributed by atoms with Crippen LogP contribution in [0.15, 0.2) is 76.0 Å². The van der Waals surface area contributed by atoms with Gasteiger partial charge in [-0.3, -0.25) is 4.79 Å². The first-order chi connectivity index (χ1) is 17.4. The molecule has 3 aromatic carbocycles. The van der Waals surface area contributed by atoms with Gasteiger partial charge in [-0.25, -0.2) is 9.18 Å². The molecule has 4 aromatic rings. The molecule has 0 unspecified atom stereocenters. The highest BCUT2D eigenvalue weighted by Crippen LogP contribution is 2.31. The molecule has 0 aliphatic rings. The number of methoxy groups -OCH3 is 3. The molecule has 0 aliphatic carbocycles. The summed E-state index contributed by atoms with van der Waals surface area (Å²) in [4.78, 5) is 25.3. The molecule has 7 heteroatoms. The van der Waals surface area contributed by atoms with Crippen molar-refractivity contribution in [2.75, 3.05) is 21.3 Å². The van der Waals surface area contributed by atoms with Crippen LogP contribution in [-0.4, -0.2) is 27.1 Å². The lowest BCUT2D eigenvalue weighted by Gasteiger charge is -2.11. The standard InChI is InChI=1S/C29H23FO6/c1-33-22-9-5-18(6-10-22)4-7-19-15-23(34-2)17-28(35-3)24(19)11-12-26(31)25-16-20-14-21(30)8-13-27(20)36-29(25)32/h4-17H,1-3H3/b7-4+,12-11+. The molecule has 1 heterocycles. The Labute approximate surface area is 206 Å². The first-order valence-corrected chi connectivity index (χ1v) is 11.0. The van der Waals surface area contributed by atoms with Crippen LogP contribution in [0.25, 0.3) is 29.2 Å². The Balaban J connectivity index is 1.72. The maximum Gasteiger partial charge on any atom is 0.347 e. The number of fused-ring (bicyclic) bond motifs is 1. The summed E-state index contributed by atoms with van der Waals surface area (Å²) in [5.74, 6) is 0.708. The van der Waals surface area contributed by atoms with E-state index in [1.54, 1.807) is 32.4 Å². The van der Waals surface area contributed by atoms with Gasteiger partial charge < -0.3 is 18.6 Å². The van der Waals surface area contributed by atoms with Gasteiger partial charge in [-0.05, 0) is 65.7 Å². The third kappa shape index (κ3) is 5.36. The van der Waals surface area contributed by atoms with Gasteiger partial charge in [-0.15, -0.1) is 0 Å². The second kappa shape index (κ2) is 10.7. The minimum absolute atomic E-state index is 0.199. The Hall–Kier alpha value is -4.65. The summed E-state index contributed by atoms with van der Waals surface area (Å²) in [6.07, 6.45) is 6.58. The van der Waals surface area contributed by atoms with Crippen LogP contribution < -0.4 is 19.8 Å². The molecule has 0 spiro atoms. The Morgan fingerprint density at radius 3 is 2.28 bits per heavy atom. The molecule has 0 bridgehead atoms. The minimum Gasteiger partial charge on any atom is -0.497 e. The number of benzene rings is 3. The molecular weight excluding hydrogens is 463 g/mol. The average molecular weight is 486 g/mol. The van der Waals surface area contributed by atoms with Gasteiger partial charge in [0.25, 0.3) is 0 Å². The van der Waals surface area contributed by atoms with E-state index >= 15 is 0 Å². The Morgan fingerprint density at radius 1 is 0.833 bits per heavy atom. The number of hydrogen-bond donors (Lipinski definition) is 0. The molecule has 0 saturated heterocycles. The number of ketones is 1. The number of halogens is 1. The van der Waals surface area contributed by atoms with Gasteiger partial charge in [0, 0.05) is 17.0 Å². The van der Waals surface area contributed by atoms with Crippen LogP contribution in [0.1, 0.15) is 27.0 Å². The zero-order chi connectivity index (χ0) is 25.7. The Bertz CT molecular complexity index is 1530. The number of hydrogen-bond acceptors (Lipinski definition) is 6. The summed E-state index contributed by atoms with van der Waals surface area (Å²) >= 11 is 0. The van der Waals surface area contributed by atoms with Crippen molar-refractivity contribution in [1.82, 2.24) is 0 Å². The van der Waals surface area contributed by atoms with Crippen LogP contribution in [0, 0.1) is 5.82 Å². The molecule has 36 heavy (non-hydrogen) atoms. The van der Waals surface area contributed by atoms with Crippen LogP contribution in [0.5, 0.6) is 17.2 Å². The van der Waals surface area contributed by atoms with Crippen molar-refractivity contribution >= 4 is 35.0 Å². The van der Waals surface area contributed by atoms with Crippen molar-refractivity contribution in [3.05, 3.63) is 105 Å². The van der Waals surface area contributed by atoms with E-state index in [1.165, 1.54) is 37.5 Å². The van der Waals surface area contributed by atoms with Crippen LogP contribution >= 0.6 is 0 Å². The van der Waals surface area contributed by atoms with Crippen molar-refractivity contribution in [2.45, 2.75) is 0 Å². The number of carbonyl (C=O) groups excluding carboxylic acids is 1. The fourth-order valence-electron chi connectivity index (χ4n) is 3.64. The van der Waals surface area contributed by atoms with E-state index in [2.05, 4.69) is 0 Å². The van der Waals surface area contributed by atoms with E-state index in [0.717, 1.165) is 16.9 Å². The second-order valence-corrected chi connectivity index (χ2v) is 7.77. The lowest BCUT2D eigenvalue weighted by Crippen LogP contribution is -2.12. The number of ether oxygens (including phenoxy) is 3. The quantitative estimate of drug-likeness (QED) is 0.131. The zero-order valence-corrected chi connectivity index (χ0v) is 19.9. The predicted octanol–water partition coefficient (Wildman–Crippen LogP) is 6.02. The highest BCUT2D eigenvalue weighted by Gasteiger charge is 2.14. The summed E-state index contributed by atoms with van der Waals surface area (Å²) in [7, 11) is 4.66. The lowest BCUT2D eigenvalue weighted by molar-refractivity contribution is 0.104. The fourth-order valence-corrected chi connectivity index (χ4v) is 3.64. The Morgan fingerprint density at radius 2 is 1.58 bits per heavy atom. The van der Waals surface area contributed by atoms with Gasteiger partial charge in [-0.1, -0.05) is 24.3 Å². The van der Waals surface area contributed by atoms with Gasteiger partial charge in [0.05, 0.1) is 21.3 Å². The van der Waals surface area contributed by atoms with Gasteiger partial charge in [0.2, 0.25) is 0 Å². The van der Waals surface area contributed by atoms with E-state index in [-0.39, 0.29) is 11.1 Å². The van der Waals surface area contributed by atoms with E-state index in [1.807, 2.05) is 36.4 Å². The van der Waals surface area contributed by atoms with E-state index < -0.39 is 17.2 Å². The summed E-state index contributed by atoms with van der Waals surface area (Å²) in [6.45, 7) is 0. The van der Waals surface area contributed by atoms with Gasteiger partial charge in [0.1, 0.15) is 34.2 Å². The van der Waals surface area contributed by atoms with E-state index in [0.29, 0.717) is 22.4 Å². The molecule has 182 valence electrons. The third-order valence-electron chi connectivity index (χ3n) is 5.54. The summed E-state index contributed by atoms with van der Waals surface area (Å²) < 4.78 is 34.9. The van der Waals surface area contributed by atoms with Crippen LogP contribution in [0.4, 0.5) is 4.39 Å². The lowest BCUT2D eigenvalue weighted by atomic mass is 10.0. The molecule has 0 saturated carbocycles. The molecule has 4 rings (SSSR count). The average Bonchev–Trinajstić information content (AvgIpc) is 2.90. The minimum atomic E-state index is -0.801.